The van der Waals surface area contributed by atoms with E-state index in [0.29, 0.717) is 32.7 Å². The highest BCUT2D eigenvalue weighted by Crippen LogP contribution is 2.32. The number of sulfonamides is 1. The number of hydrogen-bond donors (Lipinski definition) is 1. The van der Waals surface area contributed by atoms with Gasteiger partial charge in [-0.15, -0.1) is 0 Å². The minimum atomic E-state index is -3.22. The molecule has 1 aromatic rings. The molecular formula is C15H22N2O4S. The Morgan fingerprint density at radius 2 is 2.00 bits per heavy atom. The Bertz CT molecular complexity index is 641. The number of aliphatic hydroxyl groups is 1. The molecule has 1 N–H and O–H groups in total. The molecule has 0 radical (unpaired) electrons. The number of benzene rings is 1. The average Bonchev–Trinajstić information content (AvgIpc) is 2.91. The van der Waals surface area contributed by atoms with Crippen molar-refractivity contribution in [2.24, 2.45) is 0 Å². The molecule has 1 saturated heterocycles. The van der Waals surface area contributed by atoms with Crippen LogP contribution in [0.2, 0.25) is 0 Å². The Morgan fingerprint density at radius 3 is 2.68 bits per heavy atom. The number of anilines is 1. The van der Waals surface area contributed by atoms with Crippen molar-refractivity contribution in [2.45, 2.75) is 12.5 Å². The number of ether oxygens (including phenoxy) is 1. The normalized spacial score (nSPS) is 20.9. The maximum absolute atomic E-state index is 11.7. The molecule has 2 aliphatic rings. The first-order valence-electron chi connectivity index (χ1n) is 7.54. The van der Waals surface area contributed by atoms with E-state index < -0.39 is 16.1 Å². The van der Waals surface area contributed by atoms with Crippen LogP contribution >= 0.6 is 0 Å². The van der Waals surface area contributed by atoms with E-state index in [1.807, 2.05) is 12.1 Å². The topological polar surface area (TPSA) is 70.1 Å². The predicted molar refractivity (Wildman–Crippen MR) is 84.6 cm³/mol. The molecule has 0 amide bonds. The van der Waals surface area contributed by atoms with Gasteiger partial charge in [0.1, 0.15) is 0 Å². The van der Waals surface area contributed by atoms with Crippen molar-refractivity contribution in [3.05, 3.63) is 29.3 Å². The van der Waals surface area contributed by atoms with Crippen LogP contribution < -0.4 is 4.31 Å². The Morgan fingerprint density at radius 1 is 1.27 bits per heavy atom. The maximum atomic E-state index is 11.7. The standard InChI is InChI=1S/C15H22N2O4S/c1-22(19,20)17-5-4-12-10-13(2-3-14(12)17)15(18)11-16-6-8-21-9-7-16/h2-3,10,15,18H,4-9,11H2,1H3. The number of rotatable bonds is 4. The van der Waals surface area contributed by atoms with Crippen LogP contribution in [-0.2, 0) is 21.2 Å². The van der Waals surface area contributed by atoms with Crippen molar-refractivity contribution in [3.8, 4) is 0 Å². The molecule has 1 aromatic carbocycles. The lowest BCUT2D eigenvalue weighted by Gasteiger charge is -2.28. The smallest absolute Gasteiger partial charge is 0.232 e. The Balaban J connectivity index is 1.74. The number of fused-ring (bicyclic) bond motifs is 1. The molecule has 22 heavy (non-hydrogen) atoms. The first-order chi connectivity index (χ1) is 10.4. The third kappa shape index (κ3) is 3.27. The summed E-state index contributed by atoms with van der Waals surface area (Å²) < 4.78 is 30.2. The van der Waals surface area contributed by atoms with Crippen LogP contribution in [0.5, 0.6) is 0 Å². The number of hydrogen-bond acceptors (Lipinski definition) is 5. The van der Waals surface area contributed by atoms with Crippen LogP contribution in [0, 0.1) is 0 Å². The maximum Gasteiger partial charge on any atom is 0.232 e. The molecule has 0 bridgehead atoms. The fraction of sp³-hybridized carbons (Fsp3) is 0.600. The van der Waals surface area contributed by atoms with Gasteiger partial charge in [-0.1, -0.05) is 12.1 Å². The van der Waals surface area contributed by atoms with Gasteiger partial charge in [-0.2, -0.15) is 0 Å². The third-order valence-corrected chi connectivity index (χ3v) is 5.46. The molecule has 0 spiro atoms. The molecule has 0 aromatic heterocycles. The van der Waals surface area contributed by atoms with Gasteiger partial charge in [0.15, 0.2) is 0 Å². The summed E-state index contributed by atoms with van der Waals surface area (Å²) in [6.07, 6.45) is 1.36. The van der Waals surface area contributed by atoms with E-state index >= 15 is 0 Å². The minimum absolute atomic E-state index is 0.483. The van der Waals surface area contributed by atoms with Gasteiger partial charge in [-0.05, 0) is 23.6 Å². The van der Waals surface area contributed by atoms with E-state index in [0.717, 1.165) is 29.9 Å². The highest BCUT2D eigenvalue weighted by Gasteiger charge is 2.27. The van der Waals surface area contributed by atoms with Crippen LogP contribution in [0.4, 0.5) is 5.69 Å². The second kappa shape index (κ2) is 6.16. The zero-order valence-corrected chi connectivity index (χ0v) is 13.6. The van der Waals surface area contributed by atoms with E-state index in [4.69, 9.17) is 4.74 Å². The van der Waals surface area contributed by atoms with Gasteiger partial charge >= 0.3 is 0 Å². The summed E-state index contributed by atoms with van der Waals surface area (Å²) >= 11 is 0. The Kier molecular flexibility index (Phi) is 4.40. The van der Waals surface area contributed by atoms with Crippen LogP contribution in [-0.4, -0.2) is 64.1 Å². The lowest BCUT2D eigenvalue weighted by molar-refractivity contribution is 0.0143. The van der Waals surface area contributed by atoms with Gasteiger partial charge in [0, 0.05) is 26.2 Å². The summed E-state index contributed by atoms with van der Waals surface area (Å²) in [7, 11) is -3.22. The molecule has 2 heterocycles. The summed E-state index contributed by atoms with van der Waals surface area (Å²) in [6.45, 7) is 4.16. The quantitative estimate of drug-likeness (QED) is 0.866. The van der Waals surface area contributed by atoms with Crippen molar-refractivity contribution in [1.29, 1.82) is 0 Å². The number of aliphatic hydroxyl groups excluding tert-OH is 1. The second-order valence-corrected chi connectivity index (χ2v) is 7.81. The van der Waals surface area contributed by atoms with Gasteiger partial charge in [-0.25, -0.2) is 8.42 Å². The molecular weight excluding hydrogens is 304 g/mol. The Hall–Kier alpha value is -1.15. The van der Waals surface area contributed by atoms with Crippen molar-refractivity contribution in [1.82, 2.24) is 4.90 Å². The van der Waals surface area contributed by atoms with E-state index in [-0.39, 0.29) is 0 Å². The van der Waals surface area contributed by atoms with E-state index in [9.17, 15) is 13.5 Å². The minimum Gasteiger partial charge on any atom is -0.387 e. The van der Waals surface area contributed by atoms with Gasteiger partial charge in [-0.3, -0.25) is 9.21 Å². The summed E-state index contributed by atoms with van der Waals surface area (Å²) in [4.78, 5) is 2.18. The lowest BCUT2D eigenvalue weighted by Crippen LogP contribution is -2.38. The highest BCUT2D eigenvalue weighted by molar-refractivity contribution is 7.92. The van der Waals surface area contributed by atoms with Crippen molar-refractivity contribution in [2.75, 3.05) is 50.0 Å². The number of nitrogens with zero attached hydrogens (tertiary/aromatic N) is 2. The average molecular weight is 326 g/mol. The molecule has 3 rings (SSSR count). The van der Waals surface area contributed by atoms with Crippen molar-refractivity contribution < 1.29 is 18.3 Å². The van der Waals surface area contributed by atoms with Gasteiger partial charge < -0.3 is 9.84 Å². The zero-order chi connectivity index (χ0) is 15.7. The largest absolute Gasteiger partial charge is 0.387 e. The summed E-state index contributed by atoms with van der Waals surface area (Å²) in [5, 5.41) is 10.4. The van der Waals surface area contributed by atoms with Gasteiger partial charge in [0.2, 0.25) is 10.0 Å². The SMILES string of the molecule is CS(=O)(=O)N1CCc2cc(C(O)CN3CCOCC3)ccc21. The first kappa shape index (κ1) is 15.7. The summed E-state index contributed by atoms with van der Waals surface area (Å²) in [6, 6.07) is 5.57. The van der Waals surface area contributed by atoms with Gasteiger partial charge in [0.05, 0.1) is 31.3 Å². The van der Waals surface area contributed by atoms with Crippen LogP contribution in [0.3, 0.4) is 0 Å². The van der Waals surface area contributed by atoms with Crippen LogP contribution in [0.25, 0.3) is 0 Å². The van der Waals surface area contributed by atoms with Crippen molar-refractivity contribution >= 4 is 15.7 Å². The molecule has 1 fully saturated rings. The molecule has 122 valence electrons. The summed E-state index contributed by atoms with van der Waals surface area (Å²) in [5.74, 6) is 0. The van der Waals surface area contributed by atoms with E-state index in [2.05, 4.69) is 4.90 Å². The molecule has 6 nitrogen and oxygen atoms in total. The third-order valence-electron chi connectivity index (χ3n) is 4.28. The van der Waals surface area contributed by atoms with Crippen molar-refractivity contribution in [3.63, 3.8) is 0 Å². The summed E-state index contributed by atoms with van der Waals surface area (Å²) in [5.41, 5.74) is 2.58. The highest BCUT2D eigenvalue weighted by atomic mass is 32.2. The lowest BCUT2D eigenvalue weighted by atomic mass is 10.0. The number of β-amino-alcohol motifs (C(OH)–C–C–N with tert-alkyl or cyclic N) is 1. The van der Waals surface area contributed by atoms with Crippen LogP contribution in [0.15, 0.2) is 18.2 Å². The van der Waals surface area contributed by atoms with Crippen LogP contribution in [0.1, 0.15) is 17.2 Å². The molecule has 2 aliphatic heterocycles. The van der Waals surface area contributed by atoms with Gasteiger partial charge in [0.25, 0.3) is 0 Å². The molecule has 0 aliphatic carbocycles. The molecule has 0 saturated carbocycles. The Labute approximate surface area is 131 Å². The first-order valence-corrected chi connectivity index (χ1v) is 9.39. The molecule has 1 unspecified atom stereocenters. The van der Waals surface area contributed by atoms with E-state index in [1.54, 1.807) is 6.07 Å². The fourth-order valence-corrected chi connectivity index (χ4v) is 4.04. The molecule has 1 atom stereocenters. The second-order valence-electron chi connectivity index (χ2n) is 5.90. The number of morpholine rings is 1. The zero-order valence-electron chi connectivity index (χ0n) is 12.7. The predicted octanol–water partition coefficient (Wildman–Crippen LogP) is 0.374. The monoisotopic (exact) mass is 326 g/mol. The molecule has 7 heteroatoms. The fourth-order valence-electron chi connectivity index (χ4n) is 3.08. The van der Waals surface area contributed by atoms with E-state index in [1.165, 1.54) is 10.6 Å².